The van der Waals surface area contributed by atoms with Gasteiger partial charge in [-0.1, -0.05) is 23.2 Å². The lowest BCUT2D eigenvalue weighted by Gasteiger charge is -2.26. The number of amides is 2. The fourth-order valence-electron chi connectivity index (χ4n) is 2.91. The van der Waals surface area contributed by atoms with Gasteiger partial charge in [0.2, 0.25) is 0 Å². The van der Waals surface area contributed by atoms with Crippen LogP contribution >= 0.6 is 23.2 Å². The molecule has 0 aromatic heterocycles. The molecular formula is C20H20Cl2N2O3. The number of carbonyl (C=O) groups excluding carboxylic acids is 2. The van der Waals surface area contributed by atoms with Gasteiger partial charge in [0.25, 0.3) is 11.8 Å². The first-order valence-corrected chi connectivity index (χ1v) is 9.55. The Labute approximate surface area is 168 Å². The second-order valence-corrected chi connectivity index (χ2v) is 7.19. The summed E-state index contributed by atoms with van der Waals surface area (Å²) in [5.41, 5.74) is 1.22. The molecular weight excluding hydrogens is 387 g/mol. The van der Waals surface area contributed by atoms with Crippen LogP contribution in [0, 0.1) is 0 Å². The van der Waals surface area contributed by atoms with E-state index >= 15 is 0 Å². The Bertz CT molecular complexity index is 818. The molecule has 0 spiro atoms. The van der Waals surface area contributed by atoms with Crippen molar-refractivity contribution in [1.29, 1.82) is 0 Å². The third kappa shape index (κ3) is 5.37. The summed E-state index contributed by atoms with van der Waals surface area (Å²) in [5.74, 6) is 0.100. The molecule has 2 amide bonds. The van der Waals surface area contributed by atoms with E-state index in [0.717, 1.165) is 25.9 Å². The Morgan fingerprint density at radius 2 is 1.70 bits per heavy atom. The van der Waals surface area contributed by atoms with Gasteiger partial charge in [0.15, 0.2) is 6.61 Å². The number of likely N-dealkylation sites (tertiary alicyclic amines) is 1. The zero-order chi connectivity index (χ0) is 19.2. The van der Waals surface area contributed by atoms with E-state index in [-0.39, 0.29) is 18.4 Å². The second kappa shape index (κ2) is 9.11. The zero-order valence-electron chi connectivity index (χ0n) is 14.7. The summed E-state index contributed by atoms with van der Waals surface area (Å²) < 4.78 is 5.40. The van der Waals surface area contributed by atoms with Gasteiger partial charge >= 0.3 is 0 Å². The van der Waals surface area contributed by atoms with Crippen molar-refractivity contribution in [1.82, 2.24) is 4.90 Å². The number of nitrogens with zero attached hydrogens (tertiary/aromatic N) is 1. The van der Waals surface area contributed by atoms with E-state index in [1.807, 2.05) is 4.90 Å². The van der Waals surface area contributed by atoms with Crippen LogP contribution in [0.25, 0.3) is 0 Å². The third-order valence-corrected chi connectivity index (χ3v) is 4.84. The predicted octanol–water partition coefficient (Wildman–Crippen LogP) is 4.64. The van der Waals surface area contributed by atoms with Gasteiger partial charge < -0.3 is 15.0 Å². The molecule has 7 heteroatoms. The Balaban J connectivity index is 1.52. The zero-order valence-corrected chi connectivity index (χ0v) is 16.2. The number of hydrogen-bond acceptors (Lipinski definition) is 3. The molecule has 0 saturated carbocycles. The van der Waals surface area contributed by atoms with E-state index in [1.165, 1.54) is 6.42 Å². The Morgan fingerprint density at radius 1 is 1.00 bits per heavy atom. The molecule has 0 atom stereocenters. The highest BCUT2D eigenvalue weighted by molar-refractivity contribution is 6.35. The minimum absolute atomic E-state index is 0.0355. The molecule has 3 rings (SSSR count). The van der Waals surface area contributed by atoms with Crippen LogP contribution in [-0.4, -0.2) is 36.4 Å². The van der Waals surface area contributed by atoms with Crippen molar-refractivity contribution in [2.75, 3.05) is 25.0 Å². The van der Waals surface area contributed by atoms with Gasteiger partial charge in [-0.25, -0.2) is 0 Å². The van der Waals surface area contributed by atoms with Crippen LogP contribution in [0.4, 0.5) is 5.69 Å². The largest absolute Gasteiger partial charge is 0.482 e. The Morgan fingerprint density at radius 3 is 2.37 bits per heavy atom. The number of ether oxygens (including phenoxy) is 1. The van der Waals surface area contributed by atoms with Crippen LogP contribution in [-0.2, 0) is 4.79 Å². The molecule has 1 saturated heterocycles. The minimum Gasteiger partial charge on any atom is -0.482 e. The standard InChI is InChI=1S/C20H20Cl2N2O3/c21-15-6-9-18(17(22)12-15)27-13-19(25)23-16-7-4-14(5-8-16)20(26)24-10-2-1-3-11-24/h4-9,12H,1-3,10-11,13H2,(H,23,25). The average Bonchev–Trinajstić information content (AvgIpc) is 2.68. The number of benzene rings is 2. The van der Waals surface area contributed by atoms with Gasteiger partial charge in [-0.2, -0.15) is 0 Å². The number of halogens is 2. The maximum Gasteiger partial charge on any atom is 0.262 e. The molecule has 2 aromatic carbocycles. The summed E-state index contributed by atoms with van der Waals surface area (Å²) in [6.45, 7) is 1.43. The molecule has 1 N–H and O–H groups in total. The summed E-state index contributed by atoms with van der Waals surface area (Å²) >= 11 is 11.8. The highest BCUT2D eigenvalue weighted by Crippen LogP contribution is 2.27. The average molecular weight is 407 g/mol. The van der Waals surface area contributed by atoms with Crippen LogP contribution in [0.1, 0.15) is 29.6 Å². The smallest absolute Gasteiger partial charge is 0.262 e. The SMILES string of the molecule is O=C(COc1ccc(Cl)cc1Cl)Nc1ccc(C(=O)N2CCCCC2)cc1. The van der Waals surface area contributed by atoms with Crippen LogP contribution < -0.4 is 10.1 Å². The summed E-state index contributed by atoms with van der Waals surface area (Å²) in [6.07, 6.45) is 3.28. The van der Waals surface area contributed by atoms with Crippen LogP contribution in [0.3, 0.4) is 0 Å². The minimum atomic E-state index is -0.323. The molecule has 0 aliphatic carbocycles. The van der Waals surface area contributed by atoms with Crippen molar-refractivity contribution >= 4 is 40.7 Å². The summed E-state index contributed by atoms with van der Waals surface area (Å²) in [7, 11) is 0. The molecule has 1 fully saturated rings. The van der Waals surface area contributed by atoms with Crippen molar-refractivity contribution in [3.63, 3.8) is 0 Å². The normalized spacial score (nSPS) is 13.9. The number of hydrogen-bond donors (Lipinski definition) is 1. The molecule has 1 aliphatic rings. The van der Waals surface area contributed by atoms with E-state index in [2.05, 4.69) is 5.32 Å². The van der Waals surface area contributed by atoms with E-state index in [0.29, 0.717) is 27.0 Å². The van der Waals surface area contributed by atoms with Crippen LogP contribution in [0.5, 0.6) is 5.75 Å². The molecule has 27 heavy (non-hydrogen) atoms. The molecule has 1 heterocycles. The maximum absolute atomic E-state index is 12.4. The van der Waals surface area contributed by atoms with E-state index in [4.69, 9.17) is 27.9 Å². The Hall–Kier alpha value is -2.24. The quantitative estimate of drug-likeness (QED) is 0.786. The van der Waals surface area contributed by atoms with Crippen molar-refractivity contribution < 1.29 is 14.3 Å². The lowest BCUT2D eigenvalue weighted by molar-refractivity contribution is -0.118. The molecule has 0 unspecified atom stereocenters. The first kappa shape index (κ1) is 19.5. The fourth-order valence-corrected chi connectivity index (χ4v) is 3.37. The molecule has 1 aliphatic heterocycles. The highest BCUT2D eigenvalue weighted by Gasteiger charge is 2.18. The van der Waals surface area contributed by atoms with E-state index in [1.54, 1.807) is 42.5 Å². The van der Waals surface area contributed by atoms with Crippen LogP contribution in [0.2, 0.25) is 10.0 Å². The summed E-state index contributed by atoms with van der Waals surface area (Å²) in [4.78, 5) is 26.4. The lowest BCUT2D eigenvalue weighted by atomic mass is 10.1. The first-order chi connectivity index (χ1) is 13.0. The second-order valence-electron chi connectivity index (χ2n) is 6.34. The van der Waals surface area contributed by atoms with Crippen molar-refractivity contribution in [3.8, 4) is 5.75 Å². The van der Waals surface area contributed by atoms with E-state index in [9.17, 15) is 9.59 Å². The monoisotopic (exact) mass is 406 g/mol. The van der Waals surface area contributed by atoms with Crippen molar-refractivity contribution in [2.45, 2.75) is 19.3 Å². The maximum atomic E-state index is 12.4. The number of carbonyl (C=O) groups is 2. The van der Waals surface area contributed by atoms with Crippen LogP contribution in [0.15, 0.2) is 42.5 Å². The number of anilines is 1. The molecule has 0 radical (unpaired) electrons. The van der Waals surface area contributed by atoms with Gasteiger partial charge in [-0.3, -0.25) is 9.59 Å². The Kier molecular flexibility index (Phi) is 6.58. The molecule has 5 nitrogen and oxygen atoms in total. The summed E-state index contributed by atoms with van der Waals surface area (Å²) in [5, 5.41) is 3.57. The number of nitrogens with one attached hydrogen (secondary N) is 1. The fraction of sp³-hybridized carbons (Fsp3) is 0.300. The molecule has 2 aromatic rings. The summed E-state index contributed by atoms with van der Waals surface area (Å²) in [6, 6.07) is 11.7. The topological polar surface area (TPSA) is 58.6 Å². The van der Waals surface area contributed by atoms with Gasteiger partial charge in [0.1, 0.15) is 5.75 Å². The predicted molar refractivity (Wildman–Crippen MR) is 107 cm³/mol. The van der Waals surface area contributed by atoms with Crippen molar-refractivity contribution in [3.05, 3.63) is 58.1 Å². The molecule has 142 valence electrons. The number of piperidine rings is 1. The van der Waals surface area contributed by atoms with Gasteiger partial charge in [0, 0.05) is 29.4 Å². The number of rotatable bonds is 5. The highest BCUT2D eigenvalue weighted by atomic mass is 35.5. The van der Waals surface area contributed by atoms with E-state index < -0.39 is 0 Å². The first-order valence-electron chi connectivity index (χ1n) is 8.80. The van der Waals surface area contributed by atoms with Gasteiger partial charge in [0.05, 0.1) is 5.02 Å². The van der Waals surface area contributed by atoms with Crippen molar-refractivity contribution in [2.24, 2.45) is 0 Å². The lowest BCUT2D eigenvalue weighted by Crippen LogP contribution is -2.35. The van der Waals surface area contributed by atoms with Gasteiger partial charge in [-0.05, 0) is 61.7 Å². The third-order valence-electron chi connectivity index (χ3n) is 4.31. The molecule has 0 bridgehead atoms. The van der Waals surface area contributed by atoms with Gasteiger partial charge in [-0.15, -0.1) is 0 Å².